The highest BCUT2D eigenvalue weighted by atomic mass is 79.9. The number of halogens is 1. The molecule has 0 aliphatic rings. The Kier molecular flexibility index (Phi) is 6.52. The van der Waals surface area contributed by atoms with Crippen molar-refractivity contribution in [3.63, 3.8) is 0 Å². The predicted octanol–water partition coefficient (Wildman–Crippen LogP) is 3.88. The van der Waals surface area contributed by atoms with Crippen LogP contribution in [0, 0.1) is 0 Å². The molecular weight excluding hydrogens is 400 g/mol. The van der Waals surface area contributed by atoms with E-state index in [1.165, 1.54) is 18.2 Å². The molecule has 0 aromatic heterocycles. The summed E-state index contributed by atoms with van der Waals surface area (Å²) in [6, 6.07) is 10.9. The van der Waals surface area contributed by atoms with Gasteiger partial charge < -0.3 is 15.3 Å². The topological polar surface area (TPSA) is 86.7 Å². The van der Waals surface area contributed by atoms with Gasteiger partial charge in [-0.3, -0.25) is 9.59 Å². The van der Waals surface area contributed by atoms with Crippen molar-refractivity contribution in [2.75, 3.05) is 18.4 Å². The minimum Gasteiger partial charge on any atom is -0.478 e. The smallest absolute Gasteiger partial charge is 0.337 e. The first-order valence-corrected chi connectivity index (χ1v) is 8.90. The average molecular weight is 419 g/mol. The van der Waals surface area contributed by atoms with Gasteiger partial charge in [0, 0.05) is 28.7 Å². The maximum atomic E-state index is 12.5. The summed E-state index contributed by atoms with van der Waals surface area (Å²) >= 11 is 3.21. The first kappa shape index (κ1) is 19.7. The minimum atomic E-state index is -1.15. The molecule has 2 rings (SSSR count). The standard InChI is InChI=1S/C19H19BrN2O4/c1-3-22(4-2)18(24)13-7-5-6-12(10-13)17(23)21-16-9-8-14(20)11-15(16)19(25)26/h5-11H,3-4H2,1-2H3,(H,21,23)(H,25,26). The molecule has 0 heterocycles. The summed E-state index contributed by atoms with van der Waals surface area (Å²) in [6.07, 6.45) is 0. The molecule has 26 heavy (non-hydrogen) atoms. The van der Waals surface area contributed by atoms with Gasteiger partial charge in [0.25, 0.3) is 11.8 Å². The van der Waals surface area contributed by atoms with Crippen LogP contribution in [0.5, 0.6) is 0 Å². The molecule has 7 heteroatoms. The number of nitrogens with one attached hydrogen (secondary N) is 1. The number of carboxylic acid groups (broad SMARTS) is 1. The number of carboxylic acids is 1. The Labute approximate surface area is 159 Å². The van der Waals surface area contributed by atoms with Gasteiger partial charge in [-0.15, -0.1) is 0 Å². The number of aromatic carboxylic acids is 1. The minimum absolute atomic E-state index is 0.0249. The largest absolute Gasteiger partial charge is 0.478 e. The van der Waals surface area contributed by atoms with Crippen LogP contribution >= 0.6 is 15.9 Å². The lowest BCUT2D eigenvalue weighted by Gasteiger charge is -2.18. The van der Waals surface area contributed by atoms with E-state index in [0.717, 1.165) is 0 Å². The van der Waals surface area contributed by atoms with Crippen molar-refractivity contribution in [3.05, 3.63) is 63.6 Å². The molecule has 2 aromatic rings. The lowest BCUT2D eigenvalue weighted by Crippen LogP contribution is -2.30. The predicted molar refractivity (Wildman–Crippen MR) is 103 cm³/mol. The zero-order chi connectivity index (χ0) is 19.3. The van der Waals surface area contributed by atoms with Crippen molar-refractivity contribution in [2.24, 2.45) is 0 Å². The van der Waals surface area contributed by atoms with Gasteiger partial charge >= 0.3 is 5.97 Å². The highest BCUT2D eigenvalue weighted by Gasteiger charge is 2.17. The molecular formula is C19H19BrN2O4. The van der Waals surface area contributed by atoms with Crippen molar-refractivity contribution >= 4 is 39.4 Å². The fourth-order valence-electron chi connectivity index (χ4n) is 2.48. The van der Waals surface area contributed by atoms with Gasteiger partial charge in [0.05, 0.1) is 11.3 Å². The summed E-state index contributed by atoms with van der Waals surface area (Å²) in [6.45, 7) is 4.93. The second kappa shape index (κ2) is 8.62. The van der Waals surface area contributed by atoms with Crippen LogP contribution in [-0.2, 0) is 0 Å². The molecule has 2 amide bonds. The summed E-state index contributed by atoms with van der Waals surface area (Å²) in [5.41, 5.74) is 0.854. The fourth-order valence-corrected chi connectivity index (χ4v) is 2.84. The van der Waals surface area contributed by atoms with Crippen molar-refractivity contribution in [3.8, 4) is 0 Å². The van der Waals surface area contributed by atoms with Gasteiger partial charge in [-0.2, -0.15) is 0 Å². The number of nitrogens with zero attached hydrogens (tertiary/aromatic N) is 1. The van der Waals surface area contributed by atoms with Gasteiger partial charge in [0.1, 0.15) is 0 Å². The summed E-state index contributed by atoms with van der Waals surface area (Å²) in [5, 5.41) is 11.9. The van der Waals surface area contributed by atoms with Crippen molar-refractivity contribution in [1.29, 1.82) is 0 Å². The van der Waals surface area contributed by atoms with Crippen LogP contribution in [0.3, 0.4) is 0 Å². The van der Waals surface area contributed by atoms with Gasteiger partial charge in [-0.25, -0.2) is 4.79 Å². The van der Waals surface area contributed by atoms with Crippen molar-refractivity contribution in [1.82, 2.24) is 4.90 Å². The van der Waals surface area contributed by atoms with E-state index in [-0.39, 0.29) is 22.7 Å². The quantitative estimate of drug-likeness (QED) is 0.744. The molecule has 0 saturated carbocycles. The molecule has 0 spiro atoms. The van der Waals surface area contributed by atoms with E-state index >= 15 is 0 Å². The number of carbonyl (C=O) groups excluding carboxylic acids is 2. The molecule has 0 fully saturated rings. The maximum absolute atomic E-state index is 12.5. The summed E-state index contributed by atoms with van der Waals surface area (Å²) < 4.78 is 0.597. The number of amides is 2. The molecule has 0 radical (unpaired) electrons. The molecule has 0 unspecified atom stereocenters. The Balaban J connectivity index is 2.28. The lowest BCUT2D eigenvalue weighted by atomic mass is 10.1. The van der Waals surface area contributed by atoms with Gasteiger partial charge in [0.15, 0.2) is 0 Å². The van der Waals surface area contributed by atoms with E-state index in [0.29, 0.717) is 23.1 Å². The first-order valence-electron chi connectivity index (χ1n) is 8.10. The van der Waals surface area contributed by atoms with E-state index < -0.39 is 11.9 Å². The third kappa shape index (κ3) is 4.49. The molecule has 0 bridgehead atoms. The van der Waals surface area contributed by atoms with Crippen molar-refractivity contribution in [2.45, 2.75) is 13.8 Å². The second-order valence-corrected chi connectivity index (χ2v) is 6.42. The number of benzene rings is 2. The van der Waals surface area contributed by atoms with E-state index in [2.05, 4.69) is 21.2 Å². The molecule has 0 saturated heterocycles. The Morgan fingerprint density at radius 2 is 1.69 bits per heavy atom. The molecule has 0 aliphatic carbocycles. The van der Waals surface area contributed by atoms with E-state index in [9.17, 15) is 19.5 Å². The van der Waals surface area contributed by atoms with E-state index in [1.54, 1.807) is 29.2 Å². The maximum Gasteiger partial charge on any atom is 0.337 e. The highest BCUT2D eigenvalue weighted by molar-refractivity contribution is 9.10. The number of hydrogen-bond acceptors (Lipinski definition) is 3. The van der Waals surface area contributed by atoms with Crippen LogP contribution in [0.1, 0.15) is 44.9 Å². The van der Waals surface area contributed by atoms with Crippen LogP contribution in [0.4, 0.5) is 5.69 Å². The van der Waals surface area contributed by atoms with E-state index in [1.807, 2.05) is 13.8 Å². The third-order valence-electron chi connectivity index (χ3n) is 3.88. The number of anilines is 1. The normalized spacial score (nSPS) is 10.3. The van der Waals surface area contributed by atoms with Crippen molar-refractivity contribution < 1.29 is 19.5 Å². The summed E-state index contributed by atoms with van der Waals surface area (Å²) in [4.78, 5) is 38.0. The molecule has 2 N–H and O–H groups in total. The van der Waals surface area contributed by atoms with Gasteiger partial charge in [0.2, 0.25) is 0 Å². The number of rotatable bonds is 6. The van der Waals surface area contributed by atoms with Crippen LogP contribution < -0.4 is 5.32 Å². The number of hydrogen-bond donors (Lipinski definition) is 2. The fraction of sp³-hybridized carbons (Fsp3) is 0.211. The highest BCUT2D eigenvalue weighted by Crippen LogP contribution is 2.22. The Hall–Kier alpha value is -2.67. The zero-order valence-electron chi connectivity index (χ0n) is 14.5. The molecule has 0 atom stereocenters. The zero-order valence-corrected chi connectivity index (χ0v) is 16.0. The van der Waals surface area contributed by atoms with Crippen LogP contribution in [0.25, 0.3) is 0 Å². The third-order valence-corrected chi connectivity index (χ3v) is 4.38. The molecule has 2 aromatic carbocycles. The summed E-state index contributed by atoms with van der Waals surface area (Å²) in [5.74, 6) is -1.78. The molecule has 6 nitrogen and oxygen atoms in total. The van der Waals surface area contributed by atoms with Crippen LogP contribution in [0.2, 0.25) is 0 Å². The molecule has 0 aliphatic heterocycles. The monoisotopic (exact) mass is 418 g/mol. The van der Waals surface area contributed by atoms with Gasteiger partial charge in [-0.05, 0) is 50.2 Å². The van der Waals surface area contributed by atoms with Crippen LogP contribution in [-0.4, -0.2) is 40.9 Å². The Morgan fingerprint density at radius 3 is 2.31 bits per heavy atom. The molecule has 136 valence electrons. The Morgan fingerprint density at radius 1 is 1.04 bits per heavy atom. The van der Waals surface area contributed by atoms with E-state index in [4.69, 9.17) is 0 Å². The first-order chi connectivity index (χ1) is 12.4. The lowest BCUT2D eigenvalue weighted by molar-refractivity contribution is 0.0697. The summed E-state index contributed by atoms with van der Waals surface area (Å²) in [7, 11) is 0. The van der Waals surface area contributed by atoms with Gasteiger partial charge in [-0.1, -0.05) is 22.0 Å². The number of carbonyl (C=O) groups is 3. The second-order valence-electron chi connectivity index (χ2n) is 5.51. The Bertz CT molecular complexity index is 847. The van der Waals surface area contributed by atoms with Crippen LogP contribution in [0.15, 0.2) is 46.9 Å². The SMILES string of the molecule is CCN(CC)C(=O)c1cccc(C(=O)Nc2ccc(Br)cc2C(=O)O)c1. The average Bonchev–Trinajstić information content (AvgIpc) is 2.64.